The van der Waals surface area contributed by atoms with E-state index in [1.165, 1.54) is 28.6 Å². The minimum Gasteiger partial charge on any atom is -0.379 e. The van der Waals surface area contributed by atoms with Crippen LogP contribution in [-0.4, -0.2) is 68.3 Å². The Kier molecular flexibility index (Phi) is 7.47. The Bertz CT molecular complexity index is 1460. The first-order chi connectivity index (χ1) is 18.8. The van der Waals surface area contributed by atoms with E-state index in [-0.39, 0.29) is 24.4 Å². The molecule has 2 saturated heterocycles. The summed E-state index contributed by atoms with van der Waals surface area (Å²) in [6, 6.07) is 23.4. The minimum atomic E-state index is -3.67. The van der Waals surface area contributed by atoms with E-state index < -0.39 is 40.0 Å². The molecule has 3 aromatic rings. The van der Waals surface area contributed by atoms with Crippen LogP contribution in [0, 0.1) is 0 Å². The second kappa shape index (κ2) is 11.0. The fourth-order valence-corrected chi connectivity index (χ4v) is 6.21. The average molecular weight is 549 g/mol. The summed E-state index contributed by atoms with van der Waals surface area (Å²) in [6.45, 7) is 0.741. The molecule has 39 heavy (non-hydrogen) atoms. The van der Waals surface area contributed by atoms with Crippen LogP contribution in [0.25, 0.3) is 0 Å². The molecule has 1 atom stereocenters. The number of benzene rings is 3. The molecule has 2 N–H and O–H groups in total. The lowest BCUT2D eigenvalue weighted by Gasteiger charge is -2.27. The number of sulfonamides is 1. The summed E-state index contributed by atoms with van der Waals surface area (Å²) in [7, 11) is -3.67. The fraction of sp³-hybridized carbons (Fsp3) is 0.250. The third-order valence-corrected chi connectivity index (χ3v) is 8.71. The SMILES string of the molecule is O=C(CN1C(=O)NC(Cc2ccccc2)(c2ccccc2)C1=O)Nc1ccc(S(=O)(=O)N2CCOCC2)cc1. The molecule has 2 aliphatic heterocycles. The normalized spacial score (nSPS) is 20.1. The summed E-state index contributed by atoms with van der Waals surface area (Å²) in [5.74, 6) is -1.12. The zero-order valence-corrected chi connectivity index (χ0v) is 21.9. The number of hydrogen-bond acceptors (Lipinski definition) is 6. The molecule has 0 bridgehead atoms. The summed E-state index contributed by atoms with van der Waals surface area (Å²) in [5, 5.41) is 5.48. The van der Waals surface area contributed by atoms with Gasteiger partial charge in [-0.05, 0) is 35.4 Å². The lowest BCUT2D eigenvalue weighted by atomic mass is 9.83. The zero-order valence-electron chi connectivity index (χ0n) is 21.1. The number of nitrogens with one attached hydrogen (secondary N) is 2. The highest BCUT2D eigenvalue weighted by atomic mass is 32.2. The minimum absolute atomic E-state index is 0.102. The van der Waals surface area contributed by atoms with Crippen molar-refractivity contribution in [3.63, 3.8) is 0 Å². The molecule has 2 heterocycles. The number of amides is 4. The predicted molar refractivity (Wildman–Crippen MR) is 143 cm³/mol. The monoisotopic (exact) mass is 548 g/mol. The van der Waals surface area contributed by atoms with E-state index >= 15 is 0 Å². The van der Waals surface area contributed by atoms with Crippen LogP contribution in [0.15, 0.2) is 89.8 Å². The van der Waals surface area contributed by atoms with E-state index in [0.717, 1.165) is 10.5 Å². The smallest absolute Gasteiger partial charge is 0.325 e. The number of hydrogen-bond donors (Lipinski definition) is 2. The van der Waals surface area contributed by atoms with Gasteiger partial charge in [-0.1, -0.05) is 60.7 Å². The van der Waals surface area contributed by atoms with E-state index in [1.807, 2.05) is 36.4 Å². The first-order valence-corrected chi connectivity index (χ1v) is 13.9. The van der Waals surface area contributed by atoms with Gasteiger partial charge < -0.3 is 15.4 Å². The number of urea groups is 1. The third-order valence-electron chi connectivity index (χ3n) is 6.80. The average Bonchev–Trinajstić information content (AvgIpc) is 3.19. The molecule has 11 heteroatoms. The van der Waals surface area contributed by atoms with Crippen LogP contribution in [0.3, 0.4) is 0 Å². The first kappa shape index (κ1) is 26.5. The highest BCUT2D eigenvalue weighted by Crippen LogP contribution is 2.33. The van der Waals surface area contributed by atoms with E-state index in [1.54, 1.807) is 24.3 Å². The Labute approximate surface area is 226 Å². The molecule has 4 amide bonds. The van der Waals surface area contributed by atoms with Gasteiger partial charge in [0, 0.05) is 25.2 Å². The van der Waals surface area contributed by atoms with Crippen LogP contribution < -0.4 is 10.6 Å². The molecule has 0 aromatic heterocycles. The molecule has 0 spiro atoms. The predicted octanol–water partition coefficient (Wildman–Crippen LogP) is 2.34. The molecule has 10 nitrogen and oxygen atoms in total. The van der Waals surface area contributed by atoms with Crippen LogP contribution in [0.1, 0.15) is 11.1 Å². The Morgan fingerprint density at radius 1 is 0.897 bits per heavy atom. The zero-order chi connectivity index (χ0) is 27.5. The van der Waals surface area contributed by atoms with Crippen molar-refractivity contribution in [3.8, 4) is 0 Å². The second-order valence-corrected chi connectivity index (χ2v) is 11.3. The van der Waals surface area contributed by atoms with E-state index in [2.05, 4.69) is 10.6 Å². The van der Waals surface area contributed by atoms with E-state index in [9.17, 15) is 22.8 Å². The third kappa shape index (κ3) is 5.42. The lowest BCUT2D eigenvalue weighted by molar-refractivity contribution is -0.134. The molecule has 2 aliphatic rings. The van der Waals surface area contributed by atoms with Crippen LogP contribution >= 0.6 is 0 Å². The van der Waals surface area contributed by atoms with Crippen molar-refractivity contribution < 1.29 is 27.5 Å². The van der Waals surface area contributed by atoms with Crippen molar-refractivity contribution in [2.45, 2.75) is 16.9 Å². The van der Waals surface area contributed by atoms with Crippen LogP contribution in [-0.2, 0) is 36.3 Å². The fourth-order valence-electron chi connectivity index (χ4n) is 4.80. The summed E-state index contributed by atoms with van der Waals surface area (Å²) in [4.78, 5) is 40.6. The highest BCUT2D eigenvalue weighted by Gasteiger charge is 2.52. The van der Waals surface area contributed by atoms with Gasteiger partial charge in [0.2, 0.25) is 15.9 Å². The quantitative estimate of drug-likeness (QED) is 0.417. The number of anilines is 1. The van der Waals surface area contributed by atoms with Gasteiger partial charge in [0.1, 0.15) is 6.54 Å². The standard InChI is InChI=1S/C28H28N4O6S/c33-25(29-23-11-13-24(14-12-23)39(36,37)31-15-17-38-18-16-31)20-32-26(34)28(30-27(32)35,22-9-5-2-6-10-22)19-21-7-3-1-4-8-21/h1-14H,15-20H2,(H,29,33)(H,30,35). The number of carbonyl (C=O) groups is 3. The van der Waals surface area contributed by atoms with Crippen molar-refractivity contribution in [2.24, 2.45) is 0 Å². The first-order valence-electron chi connectivity index (χ1n) is 12.5. The van der Waals surface area contributed by atoms with Gasteiger partial charge in [-0.25, -0.2) is 13.2 Å². The van der Waals surface area contributed by atoms with Gasteiger partial charge in [0.15, 0.2) is 5.54 Å². The molecule has 3 aromatic carbocycles. The van der Waals surface area contributed by atoms with Crippen molar-refractivity contribution in [1.29, 1.82) is 0 Å². The summed E-state index contributed by atoms with van der Waals surface area (Å²) in [6.07, 6.45) is 0.222. The van der Waals surface area contributed by atoms with Gasteiger partial charge in [0.05, 0.1) is 18.1 Å². The number of rotatable bonds is 8. The van der Waals surface area contributed by atoms with Gasteiger partial charge in [-0.15, -0.1) is 0 Å². The van der Waals surface area contributed by atoms with Crippen molar-refractivity contribution in [2.75, 3.05) is 38.2 Å². The maximum Gasteiger partial charge on any atom is 0.325 e. The number of morpholine rings is 1. The Balaban J connectivity index is 1.30. The number of carbonyl (C=O) groups excluding carboxylic acids is 3. The van der Waals surface area contributed by atoms with Gasteiger partial charge >= 0.3 is 6.03 Å². The van der Waals surface area contributed by atoms with Gasteiger partial charge in [-0.3, -0.25) is 14.5 Å². The molecule has 2 fully saturated rings. The maximum absolute atomic E-state index is 13.7. The van der Waals surface area contributed by atoms with Crippen LogP contribution in [0.4, 0.5) is 10.5 Å². The highest BCUT2D eigenvalue weighted by molar-refractivity contribution is 7.89. The molecule has 0 aliphatic carbocycles. The van der Waals surface area contributed by atoms with E-state index in [4.69, 9.17) is 4.74 Å². The number of imide groups is 1. The molecule has 0 radical (unpaired) electrons. The second-order valence-electron chi connectivity index (χ2n) is 9.34. The van der Waals surface area contributed by atoms with Crippen molar-refractivity contribution in [1.82, 2.24) is 14.5 Å². The van der Waals surface area contributed by atoms with Crippen molar-refractivity contribution >= 4 is 33.6 Å². The van der Waals surface area contributed by atoms with Gasteiger partial charge in [-0.2, -0.15) is 4.31 Å². The molecule has 5 rings (SSSR count). The Morgan fingerprint density at radius 2 is 1.51 bits per heavy atom. The maximum atomic E-state index is 13.7. The molecule has 202 valence electrons. The Morgan fingerprint density at radius 3 is 2.15 bits per heavy atom. The number of nitrogens with zero attached hydrogens (tertiary/aromatic N) is 2. The molecular formula is C28H28N4O6S. The van der Waals surface area contributed by atoms with Crippen molar-refractivity contribution in [3.05, 3.63) is 96.1 Å². The summed E-state index contributed by atoms with van der Waals surface area (Å²) >= 11 is 0. The van der Waals surface area contributed by atoms with E-state index in [0.29, 0.717) is 24.5 Å². The van der Waals surface area contributed by atoms with Crippen LogP contribution in [0.2, 0.25) is 0 Å². The van der Waals surface area contributed by atoms with Crippen LogP contribution in [0.5, 0.6) is 0 Å². The molecule has 1 unspecified atom stereocenters. The Hall–Kier alpha value is -4.06. The molecular weight excluding hydrogens is 520 g/mol. The lowest BCUT2D eigenvalue weighted by Crippen LogP contribution is -2.46. The topological polar surface area (TPSA) is 125 Å². The summed E-state index contributed by atoms with van der Waals surface area (Å²) < 4.78 is 32.2. The largest absolute Gasteiger partial charge is 0.379 e. The summed E-state index contributed by atoms with van der Waals surface area (Å²) in [5.41, 5.74) is 0.461. The number of ether oxygens (including phenoxy) is 1. The van der Waals surface area contributed by atoms with Gasteiger partial charge in [0.25, 0.3) is 5.91 Å². The molecule has 0 saturated carbocycles.